The highest BCUT2D eigenvalue weighted by atomic mass is 32.2. The topological polar surface area (TPSA) is 63.9 Å². The van der Waals surface area contributed by atoms with E-state index in [4.69, 9.17) is 4.98 Å². The third-order valence-electron chi connectivity index (χ3n) is 4.54. The maximum absolute atomic E-state index is 13.1. The second-order valence-corrected chi connectivity index (χ2v) is 8.56. The molecule has 1 amide bonds. The number of carbonyl (C=O) groups is 1. The minimum Gasteiger partial charge on any atom is -0.312 e. The lowest BCUT2D eigenvalue weighted by molar-refractivity contribution is -0.116. The number of nitrogens with zero attached hydrogens (tertiary/aromatic N) is 5. The Hall–Kier alpha value is -2.19. The molecule has 0 bridgehead atoms. The highest BCUT2D eigenvalue weighted by Crippen LogP contribution is 2.33. The predicted molar refractivity (Wildman–Crippen MR) is 108 cm³/mol. The molecule has 2 heterocycles. The number of thiazole rings is 1. The Balaban J connectivity index is 1.56. The molecule has 0 spiro atoms. The number of amides is 1. The van der Waals surface area contributed by atoms with E-state index in [1.54, 1.807) is 17.7 Å². The van der Waals surface area contributed by atoms with Crippen molar-refractivity contribution in [2.75, 3.05) is 10.7 Å². The van der Waals surface area contributed by atoms with E-state index in [1.165, 1.54) is 35.2 Å². The second kappa shape index (κ2) is 8.22. The van der Waals surface area contributed by atoms with Crippen LogP contribution in [0.4, 0.5) is 5.13 Å². The molecule has 27 heavy (non-hydrogen) atoms. The molecule has 0 fully saturated rings. The van der Waals surface area contributed by atoms with Crippen molar-refractivity contribution in [3.63, 3.8) is 0 Å². The van der Waals surface area contributed by atoms with E-state index in [9.17, 15) is 4.79 Å². The highest BCUT2D eigenvalue weighted by molar-refractivity contribution is 7.99. The zero-order chi connectivity index (χ0) is 18.6. The Morgan fingerprint density at radius 3 is 2.81 bits per heavy atom. The summed E-state index contributed by atoms with van der Waals surface area (Å²) in [6.45, 7) is 0.533. The van der Waals surface area contributed by atoms with Gasteiger partial charge in [0.05, 0.1) is 18.0 Å². The van der Waals surface area contributed by atoms with Crippen LogP contribution in [-0.4, -0.2) is 31.4 Å². The van der Waals surface area contributed by atoms with E-state index in [0.29, 0.717) is 12.3 Å². The number of benzene rings is 1. The molecule has 1 aliphatic rings. The van der Waals surface area contributed by atoms with Crippen LogP contribution >= 0.6 is 23.1 Å². The van der Waals surface area contributed by atoms with E-state index in [2.05, 4.69) is 10.2 Å². The number of aromatic nitrogens is 4. The van der Waals surface area contributed by atoms with Crippen LogP contribution in [0.2, 0.25) is 0 Å². The third kappa shape index (κ3) is 4.22. The average Bonchev–Trinajstić information content (AvgIpc) is 3.30. The lowest BCUT2D eigenvalue weighted by atomic mass is 10.0. The van der Waals surface area contributed by atoms with Crippen LogP contribution in [-0.2, 0) is 31.2 Å². The Morgan fingerprint density at radius 2 is 2.07 bits per heavy atom. The molecular formula is C19H21N5OS2. The second-order valence-electron chi connectivity index (χ2n) is 6.55. The number of aryl methyl sites for hydroxylation is 3. The quantitative estimate of drug-likeness (QED) is 0.594. The standard InChI is InChI=1S/C19H21N5OS2/c1-23-13-20-22-19(23)26-12-17(25)24(11-14-7-3-2-4-8-14)18-21-15-9-5-6-10-16(15)27-18/h2-4,7-8,13H,5-6,9-12H2,1H3. The van der Waals surface area contributed by atoms with Crippen molar-refractivity contribution < 1.29 is 4.79 Å². The van der Waals surface area contributed by atoms with E-state index in [1.807, 2.05) is 46.8 Å². The number of carbonyl (C=O) groups excluding carboxylic acids is 1. The minimum atomic E-state index is 0.0398. The van der Waals surface area contributed by atoms with Gasteiger partial charge >= 0.3 is 0 Å². The molecule has 0 aliphatic heterocycles. The summed E-state index contributed by atoms with van der Waals surface area (Å²) in [6.07, 6.45) is 6.14. The summed E-state index contributed by atoms with van der Waals surface area (Å²) in [5.74, 6) is 0.349. The number of rotatable bonds is 6. The Labute approximate surface area is 166 Å². The summed E-state index contributed by atoms with van der Waals surface area (Å²) in [5.41, 5.74) is 2.27. The fourth-order valence-corrected chi connectivity index (χ4v) is 5.02. The maximum atomic E-state index is 13.1. The van der Waals surface area contributed by atoms with E-state index in [0.717, 1.165) is 28.7 Å². The zero-order valence-corrected chi connectivity index (χ0v) is 16.8. The van der Waals surface area contributed by atoms with Gasteiger partial charge < -0.3 is 4.57 Å². The molecule has 0 unspecified atom stereocenters. The van der Waals surface area contributed by atoms with Gasteiger partial charge in [-0.15, -0.1) is 21.5 Å². The number of hydrogen-bond donors (Lipinski definition) is 0. The van der Waals surface area contributed by atoms with Crippen molar-refractivity contribution in [1.29, 1.82) is 0 Å². The number of hydrogen-bond acceptors (Lipinski definition) is 6. The van der Waals surface area contributed by atoms with Gasteiger partial charge in [-0.05, 0) is 31.2 Å². The van der Waals surface area contributed by atoms with Gasteiger partial charge in [0.25, 0.3) is 0 Å². The van der Waals surface area contributed by atoms with Crippen molar-refractivity contribution in [3.8, 4) is 0 Å². The van der Waals surface area contributed by atoms with E-state index in [-0.39, 0.29) is 5.91 Å². The molecule has 8 heteroatoms. The first-order valence-corrected chi connectivity index (χ1v) is 10.8. The van der Waals surface area contributed by atoms with Gasteiger partial charge in [-0.3, -0.25) is 9.69 Å². The summed E-state index contributed by atoms with van der Waals surface area (Å²) in [6, 6.07) is 10.1. The summed E-state index contributed by atoms with van der Waals surface area (Å²) in [5, 5.41) is 9.47. The van der Waals surface area contributed by atoms with Gasteiger partial charge in [0.15, 0.2) is 10.3 Å². The van der Waals surface area contributed by atoms with Crippen LogP contribution < -0.4 is 4.90 Å². The fourth-order valence-electron chi connectivity index (χ4n) is 3.09. The molecule has 3 aromatic rings. The fraction of sp³-hybridized carbons (Fsp3) is 0.368. The molecule has 4 rings (SSSR count). The molecule has 6 nitrogen and oxygen atoms in total. The van der Waals surface area contributed by atoms with Gasteiger partial charge in [0.2, 0.25) is 5.91 Å². The van der Waals surface area contributed by atoms with Crippen molar-refractivity contribution in [2.24, 2.45) is 7.05 Å². The molecule has 2 aromatic heterocycles. The van der Waals surface area contributed by atoms with Gasteiger partial charge in [0, 0.05) is 11.9 Å². The van der Waals surface area contributed by atoms with Gasteiger partial charge in [0.1, 0.15) is 6.33 Å². The van der Waals surface area contributed by atoms with Crippen LogP contribution in [0, 0.1) is 0 Å². The summed E-state index contributed by atoms with van der Waals surface area (Å²) in [4.78, 5) is 21.1. The number of fused-ring (bicyclic) bond motifs is 1. The SMILES string of the molecule is Cn1cnnc1SCC(=O)N(Cc1ccccc1)c1nc2c(s1)CCCC2. The lowest BCUT2D eigenvalue weighted by Crippen LogP contribution is -2.32. The highest BCUT2D eigenvalue weighted by Gasteiger charge is 2.24. The third-order valence-corrected chi connectivity index (χ3v) is 6.74. The van der Waals surface area contributed by atoms with Crippen LogP contribution in [0.25, 0.3) is 0 Å². The first-order chi connectivity index (χ1) is 13.2. The normalized spacial score (nSPS) is 13.4. The molecule has 0 N–H and O–H groups in total. The first kappa shape index (κ1) is 18.2. The van der Waals surface area contributed by atoms with Gasteiger partial charge in [-0.2, -0.15) is 0 Å². The average molecular weight is 400 g/mol. The first-order valence-electron chi connectivity index (χ1n) is 9.00. The summed E-state index contributed by atoms with van der Waals surface area (Å²) < 4.78 is 1.82. The van der Waals surface area contributed by atoms with Crippen LogP contribution in [0.3, 0.4) is 0 Å². The molecule has 1 aromatic carbocycles. The molecule has 0 radical (unpaired) electrons. The van der Waals surface area contributed by atoms with Crippen molar-refractivity contribution >= 4 is 34.1 Å². The van der Waals surface area contributed by atoms with Crippen molar-refractivity contribution in [1.82, 2.24) is 19.7 Å². The van der Waals surface area contributed by atoms with Gasteiger partial charge in [-0.1, -0.05) is 42.1 Å². The number of thioether (sulfide) groups is 1. The van der Waals surface area contributed by atoms with Crippen LogP contribution in [0.15, 0.2) is 41.8 Å². The minimum absolute atomic E-state index is 0.0398. The zero-order valence-electron chi connectivity index (χ0n) is 15.2. The molecule has 0 saturated heterocycles. The summed E-state index contributed by atoms with van der Waals surface area (Å²) in [7, 11) is 1.88. The van der Waals surface area contributed by atoms with Crippen molar-refractivity contribution in [2.45, 2.75) is 37.4 Å². The molecule has 140 valence electrons. The molecular weight excluding hydrogens is 378 g/mol. The molecule has 0 atom stereocenters. The van der Waals surface area contributed by atoms with Gasteiger partial charge in [-0.25, -0.2) is 4.98 Å². The van der Waals surface area contributed by atoms with Crippen LogP contribution in [0.1, 0.15) is 29.0 Å². The number of anilines is 1. The van der Waals surface area contributed by atoms with Crippen LogP contribution in [0.5, 0.6) is 0 Å². The Kier molecular flexibility index (Phi) is 5.54. The molecule has 0 saturated carbocycles. The maximum Gasteiger partial charge on any atom is 0.239 e. The Bertz CT molecular complexity index is 898. The smallest absolute Gasteiger partial charge is 0.239 e. The molecule has 1 aliphatic carbocycles. The largest absolute Gasteiger partial charge is 0.312 e. The summed E-state index contributed by atoms with van der Waals surface area (Å²) >= 11 is 3.07. The predicted octanol–water partition coefficient (Wildman–Crippen LogP) is 3.48. The Morgan fingerprint density at radius 1 is 1.26 bits per heavy atom. The lowest BCUT2D eigenvalue weighted by Gasteiger charge is -2.20. The monoisotopic (exact) mass is 399 g/mol. The van der Waals surface area contributed by atoms with Crippen molar-refractivity contribution in [3.05, 3.63) is 52.8 Å². The van der Waals surface area contributed by atoms with E-state index >= 15 is 0 Å². The van der Waals surface area contributed by atoms with E-state index < -0.39 is 0 Å².